The average Bonchev–Trinajstić information content (AvgIpc) is 2.58. The van der Waals surface area contributed by atoms with Crippen molar-refractivity contribution in [1.29, 1.82) is 0 Å². The van der Waals surface area contributed by atoms with Gasteiger partial charge in [-0.15, -0.1) is 0 Å². The van der Waals surface area contributed by atoms with Crippen molar-refractivity contribution in [3.63, 3.8) is 0 Å². The SMILES string of the molecule is CO/N=C1\C[C@@H](c2ccc(Cl)cc2)N[C@@H](c2ccc(Cl)cc2)[C@@H]1C. The first-order valence-electron chi connectivity index (χ1n) is 7.95. The van der Waals surface area contributed by atoms with E-state index in [1.54, 1.807) is 7.11 Å². The third-order valence-electron chi connectivity index (χ3n) is 4.53. The molecule has 0 radical (unpaired) electrons. The van der Waals surface area contributed by atoms with Crippen LogP contribution in [0.15, 0.2) is 53.7 Å². The van der Waals surface area contributed by atoms with Crippen LogP contribution in [0.5, 0.6) is 0 Å². The fraction of sp³-hybridized carbons (Fsp3) is 0.316. The Bertz CT molecular complexity index is 713. The molecule has 0 amide bonds. The normalized spacial score (nSPS) is 25.7. The number of piperidine rings is 1. The third-order valence-corrected chi connectivity index (χ3v) is 5.03. The second-order valence-electron chi connectivity index (χ2n) is 6.06. The Hall–Kier alpha value is -1.55. The summed E-state index contributed by atoms with van der Waals surface area (Å²) in [7, 11) is 1.59. The highest BCUT2D eigenvalue weighted by Crippen LogP contribution is 2.36. The van der Waals surface area contributed by atoms with Crippen LogP contribution in [0.4, 0.5) is 0 Å². The maximum Gasteiger partial charge on any atom is 0.106 e. The molecular weight excluding hydrogens is 343 g/mol. The molecule has 0 aliphatic carbocycles. The lowest BCUT2D eigenvalue weighted by atomic mass is 9.81. The van der Waals surface area contributed by atoms with Gasteiger partial charge in [0.15, 0.2) is 0 Å². The minimum absolute atomic E-state index is 0.144. The molecule has 126 valence electrons. The summed E-state index contributed by atoms with van der Waals surface area (Å²) >= 11 is 12.0. The summed E-state index contributed by atoms with van der Waals surface area (Å²) in [5.74, 6) is 0.231. The molecule has 3 nitrogen and oxygen atoms in total. The van der Waals surface area contributed by atoms with E-state index in [9.17, 15) is 0 Å². The van der Waals surface area contributed by atoms with Crippen LogP contribution in [-0.4, -0.2) is 12.8 Å². The smallest absolute Gasteiger partial charge is 0.106 e. The van der Waals surface area contributed by atoms with Crippen LogP contribution in [-0.2, 0) is 4.84 Å². The molecule has 0 saturated carbocycles. The number of rotatable bonds is 3. The summed E-state index contributed by atoms with van der Waals surface area (Å²) in [6.07, 6.45) is 0.806. The number of hydrogen-bond acceptors (Lipinski definition) is 3. The topological polar surface area (TPSA) is 33.6 Å². The van der Waals surface area contributed by atoms with Crippen molar-refractivity contribution in [2.75, 3.05) is 7.11 Å². The van der Waals surface area contributed by atoms with E-state index in [-0.39, 0.29) is 18.0 Å². The van der Waals surface area contributed by atoms with Gasteiger partial charge in [-0.3, -0.25) is 0 Å². The average molecular weight is 363 g/mol. The lowest BCUT2D eigenvalue weighted by Crippen LogP contribution is -2.41. The van der Waals surface area contributed by atoms with Crippen molar-refractivity contribution in [1.82, 2.24) is 5.32 Å². The summed E-state index contributed by atoms with van der Waals surface area (Å²) in [6.45, 7) is 2.17. The first-order valence-corrected chi connectivity index (χ1v) is 8.71. The van der Waals surface area contributed by atoms with Crippen LogP contribution >= 0.6 is 23.2 Å². The standard InChI is InChI=1S/C19H20Cl2N2O/c1-12-17(23-24-2)11-18(13-3-7-15(20)8-4-13)22-19(12)14-5-9-16(21)10-6-14/h3-10,12,18-19,22H,11H2,1-2H3/b23-17+/t12-,18+,19-/m1/s1. The molecule has 0 aromatic heterocycles. The molecule has 5 heteroatoms. The second-order valence-corrected chi connectivity index (χ2v) is 6.93. The van der Waals surface area contributed by atoms with Crippen LogP contribution in [0.3, 0.4) is 0 Å². The summed E-state index contributed by atoms with van der Waals surface area (Å²) in [5.41, 5.74) is 3.43. The summed E-state index contributed by atoms with van der Waals surface area (Å²) in [6, 6.07) is 16.2. The monoisotopic (exact) mass is 362 g/mol. The van der Waals surface area contributed by atoms with Crippen LogP contribution in [0.1, 0.15) is 36.6 Å². The summed E-state index contributed by atoms with van der Waals surface area (Å²) in [5, 5.41) is 9.49. The third kappa shape index (κ3) is 3.75. The van der Waals surface area contributed by atoms with Gasteiger partial charge in [-0.25, -0.2) is 0 Å². The lowest BCUT2D eigenvalue weighted by Gasteiger charge is -2.37. The molecule has 0 bridgehead atoms. The molecule has 1 N–H and O–H groups in total. The highest BCUT2D eigenvalue weighted by Gasteiger charge is 2.34. The Morgan fingerprint density at radius 1 is 0.958 bits per heavy atom. The molecular formula is C19H20Cl2N2O. The number of nitrogens with one attached hydrogen (secondary N) is 1. The number of oxime groups is 1. The van der Waals surface area contributed by atoms with E-state index < -0.39 is 0 Å². The van der Waals surface area contributed by atoms with E-state index in [0.29, 0.717) is 0 Å². The van der Waals surface area contributed by atoms with Gasteiger partial charge in [0, 0.05) is 34.5 Å². The molecule has 1 heterocycles. The Morgan fingerprint density at radius 3 is 2.04 bits per heavy atom. The maximum absolute atomic E-state index is 6.03. The Labute approximate surface area is 152 Å². The van der Waals surface area contributed by atoms with Crippen molar-refractivity contribution in [3.8, 4) is 0 Å². The molecule has 0 spiro atoms. The first kappa shape index (κ1) is 17.3. The highest BCUT2D eigenvalue weighted by molar-refractivity contribution is 6.30. The molecule has 3 atom stereocenters. The number of halogens is 2. The largest absolute Gasteiger partial charge is 0.399 e. The van der Waals surface area contributed by atoms with Crippen LogP contribution in [0, 0.1) is 5.92 Å². The minimum atomic E-state index is 0.144. The molecule has 3 rings (SSSR count). The molecule has 1 aliphatic heterocycles. The quantitative estimate of drug-likeness (QED) is 0.740. The van der Waals surface area contributed by atoms with Crippen molar-refractivity contribution in [2.24, 2.45) is 11.1 Å². The zero-order valence-electron chi connectivity index (χ0n) is 13.7. The van der Waals surface area contributed by atoms with Crippen molar-refractivity contribution < 1.29 is 4.84 Å². The number of nitrogens with zero attached hydrogens (tertiary/aromatic N) is 1. The molecule has 1 fully saturated rings. The lowest BCUT2D eigenvalue weighted by molar-refractivity contribution is 0.205. The summed E-state index contributed by atoms with van der Waals surface area (Å²) in [4.78, 5) is 5.08. The number of hydrogen-bond donors (Lipinski definition) is 1. The zero-order valence-corrected chi connectivity index (χ0v) is 15.2. The van der Waals surface area contributed by atoms with Crippen LogP contribution in [0.2, 0.25) is 10.0 Å². The van der Waals surface area contributed by atoms with E-state index in [4.69, 9.17) is 28.0 Å². The second kappa shape index (κ2) is 7.56. The van der Waals surface area contributed by atoms with Gasteiger partial charge in [-0.05, 0) is 35.4 Å². The van der Waals surface area contributed by atoms with E-state index >= 15 is 0 Å². The van der Waals surface area contributed by atoms with E-state index in [2.05, 4.69) is 41.7 Å². The van der Waals surface area contributed by atoms with Gasteiger partial charge in [0.1, 0.15) is 7.11 Å². The van der Waals surface area contributed by atoms with E-state index in [1.165, 1.54) is 11.1 Å². The summed E-state index contributed by atoms with van der Waals surface area (Å²) < 4.78 is 0. The van der Waals surface area contributed by atoms with Crippen molar-refractivity contribution >= 4 is 28.9 Å². The molecule has 2 aromatic rings. The number of benzene rings is 2. The van der Waals surface area contributed by atoms with Gasteiger partial charge in [-0.1, -0.05) is 59.5 Å². The molecule has 1 saturated heterocycles. The zero-order chi connectivity index (χ0) is 17.1. The van der Waals surface area contributed by atoms with E-state index in [0.717, 1.165) is 22.2 Å². The predicted molar refractivity (Wildman–Crippen MR) is 99.7 cm³/mol. The molecule has 0 unspecified atom stereocenters. The minimum Gasteiger partial charge on any atom is -0.399 e. The van der Waals surface area contributed by atoms with Gasteiger partial charge >= 0.3 is 0 Å². The van der Waals surface area contributed by atoms with Gasteiger partial charge < -0.3 is 10.2 Å². The fourth-order valence-corrected chi connectivity index (χ4v) is 3.46. The maximum atomic E-state index is 6.03. The van der Waals surface area contributed by atoms with Crippen LogP contribution < -0.4 is 5.32 Å². The fourth-order valence-electron chi connectivity index (χ4n) is 3.21. The molecule has 24 heavy (non-hydrogen) atoms. The van der Waals surface area contributed by atoms with E-state index in [1.807, 2.05) is 24.3 Å². The van der Waals surface area contributed by atoms with Gasteiger partial charge in [-0.2, -0.15) is 0 Å². The van der Waals surface area contributed by atoms with Crippen molar-refractivity contribution in [2.45, 2.75) is 25.4 Å². The Kier molecular flexibility index (Phi) is 5.44. The Balaban J connectivity index is 1.93. The molecule has 1 aliphatic rings. The predicted octanol–water partition coefficient (Wildman–Crippen LogP) is 5.41. The van der Waals surface area contributed by atoms with Gasteiger partial charge in [0.05, 0.1) is 5.71 Å². The van der Waals surface area contributed by atoms with Gasteiger partial charge in [0.25, 0.3) is 0 Å². The highest BCUT2D eigenvalue weighted by atomic mass is 35.5. The van der Waals surface area contributed by atoms with Crippen LogP contribution in [0.25, 0.3) is 0 Å². The Morgan fingerprint density at radius 2 is 1.50 bits per heavy atom. The van der Waals surface area contributed by atoms with Crippen molar-refractivity contribution in [3.05, 3.63) is 69.7 Å². The van der Waals surface area contributed by atoms with Gasteiger partial charge in [0.2, 0.25) is 0 Å². The first-order chi connectivity index (χ1) is 11.6. The molecule has 2 aromatic carbocycles.